The molecule has 2 aromatic heterocycles. The smallest absolute Gasteiger partial charge is 0.243 e. The first-order chi connectivity index (χ1) is 10.2. The van der Waals surface area contributed by atoms with Crippen LogP contribution >= 0.6 is 11.3 Å². The van der Waals surface area contributed by atoms with E-state index in [1.54, 1.807) is 11.3 Å². The Balaban J connectivity index is 1.51. The number of hydrogen-bond donors (Lipinski definition) is 1. The number of benzene rings is 1. The van der Waals surface area contributed by atoms with Crippen molar-refractivity contribution in [1.82, 2.24) is 30.5 Å². The van der Waals surface area contributed by atoms with Crippen LogP contribution in [0.3, 0.4) is 0 Å². The van der Waals surface area contributed by atoms with Crippen molar-refractivity contribution in [1.29, 1.82) is 0 Å². The fourth-order valence-electron chi connectivity index (χ4n) is 1.91. The van der Waals surface area contributed by atoms with Crippen LogP contribution in [0.1, 0.15) is 10.0 Å². The molecule has 8 heteroatoms. The normalized spacial score (nSPS) is 10.9. The van der Waals surface area contributed by atoms with E-state index in [0.717, 1.165) is 21.0 Å². The minimum atomic E-state index is -0.114. The minimum absolute atomic E-state index is 0.114. The van der Waals surface area contributed by atoms with E-state index in [4.69, 9.17) is 0 Å². The van der Waals surface area contributed by atoms with Crippen LogP contribution in [0.25, 0.3) is 11.0 Å². The number of fused-ring (bicyclic) bond motifs is 1. The molecule has 21 heavy (non-hydrogen) atoms. The molecule has 0 saturated heterocycles. The summed E-state index contributed by atoms with van der Waals surface area (Å²) in [4.78, 5) is 13.3. The Bertz CT molecular complexity index is 732. The molecular formula is C13H14N6OS. The van der Waals surface area contributed by atoms with Gasteiger partial charge in [0.05, 0.1) is 0 Å². The molecule has 0 spiro atoms. The zero-order valence-electron chi connectivity index (χ0n) is 11.5. The fourth-order valence-corrected chi connectivity index (χ4v) is 2.62. The lowest BCUT2D eigenvalue weighted by molar-refractivity contribution is -0.122. The maximum atomic E-state index is 11.8. The lowest BCUT2D eigenvalue weighted by atomic mass is 10.3. The highest BCUT2D eigenvalue weighted by Crippen LogP contribution is 2.08. The molecule has 1 N–H and O–H groups in total. The zero-order valence-corrected chi connectivity index (χ0v) is 12.3. The quantitative estimate of drug-likeness (QED) is 0.758. The Morgan fingerprint density at radius 3 is 2.57 bits per heavy atom. The number of carbonyl (C=O) groups is 1. The van der Waals surface area contributed by atoms with Gasteiger partial charge in [0.1, 0.15) is 27.6 Å². The Morgan fingerprint density at radius 2 is 1.95 bits per heavy atom. The highest BCUT2D eigenvalue weighted by Gasteiger charge is 2.07. The summed E-state index contributed by atoms with van der Waals surface area (Å²) in [5.74, 6) is -0.114. The summed E-state index contributed by atoms with van der Waals surface area (Å²) < 4.78 is 0. The van der Waals surface area contributed by atoms with E-state index in [9.17, 15) is 4.79 Å². The summed E-state index contributed by atoms with van der Waals surface area (Å²) in [6, 6.07) is 7.53. The van der Waals surface area contributed by atoms with Crippen molar-refractivity contribution in [2.24, 2.45) is 0 Å². The van der Waals surface area contributed by atoms with Gasteiger partial charge in [-0.25, -0.2) is 0 Å². The van der Waals surface area contributed by atoms with Crippen LogP contribution in [-0.4, -0.2) is 37.6 Å². The number of nitrogens with one attached hydrogen (secondary N) is 1. The average molecular weight is 302 g/mol. The lowest BCUT2D eigenvalue weighted by Crippen LogP contribution is -2.30. The number of nitrogens with zero attached hydrogens (tertiary/aromatic N) is 5. The summed E-state index contributed by atoms with van der Waals surface area (Å²) >= 11 is 1.54. The third-order valence-corrected chi connectivity index (χ3v) is 3.74. The highest BCUT2D eigenvalue weighted by molar-refractivity contribution is 7.11. The SMILES string of the molecule is Cc1nnc(CCNC(=O)Cn2nc3ccccc3n2)s1. The molecule has 0 unspecified atom stereocenters. The fraction of sp³-hybridized carbons (Fsp3) is 0.308. The molecule has 1 amide bonds. The van der Waals surface area contributed by atoms with Crippen molar-refractivity contribution < 1.29 is 4.79 Å². The van der Waals surface area contributed by atoms with Crippen molar-refractivity contribution in [3.8, 4) is 0 Å². The molecule has 0 fully saturated rings. The number of rotatable bonds is 5. The number of amides is 1. The molecule has 0 bridgehead atoms. The molecule has 0 aliphatic rings. The molecule has 108 valence electrons. The van der Waals surface area contributed by atoms with E-state index in [2.05, 4.69) is 25.7 Å². The largest absolute Gasteiger partial charge is 0.354 e. The first-order valence-electron chi connectivity index (χ1n) is 6.56. The summed E-state index contributed by atoms with van der Waals surface area (Å²) in [5.41, 5.74) is 1.57. The van der Waals surface area contributed by atoms with Crippen LogP contribution in [0.5, 0.6) is 0 Å². The number of aryl methyl sites for hydroxylation is 1. The monoisotopic (exact) mass is 302 g/mol. The predicted molar refractivity (Wildman–Crippen MR) is 78.9 cm³/mol. The number of aromatic nitrogens is 5. The molecule has 0 aliphatic carbocycles. The van der Waals surface area contributed by atoms with Crippen LogP contribution in [0.2, 0.25) is 0 Å². The molecule has 0 saturated carbocycles. The van der Waals surface area contributed by atoms with E-state index in [1.807, 2.05) is 31.2 Å². The molecule has 0 atom stereocenters. The zero-order chi connectivity index (χ0) is 14.7. The summed E-state index contributed by atoms with van der Waals surface area (Å²) in [5, 5.41) is 21.1. The number of carbonyl (C=O) groups excluding carboxylic acids is 1. The minimum Gasteiger partial charge on any atom is -0.354 e. The van der Waals surface area contributed by atoms with E-state index in [1.165, 1.54) is 4.80 Å². The summed E-state index contributed by atoms with van der Waals surface area (Å²) in [7, 11) is 0. The van der Waals surface area contributed by atoms with E-state index >= 15 is 0 Å². The summed E-state index contributed by atoms with van der Waals surface area (Å²) in [6.07, 6.45) is 0.686. The second kappa shape index (κ2) is 5.96. The molecule has 3 aromatic rings. The van der Waals surface area contributed by atoms with E-state index in [0.29, 0.717) is 13.0 Å². The van der Waals surface area contributed by atoms with Gasteiger partial charge in [0.15, 0.2) is 0 Å². The maximum Gasteiger partial charge on any atom is 0.243 e. The Morgan fingerprint density at radius 1 is 1.24 bits per heavy atom. The van der Waals surface area contributed by atoms with Gasteiger partial charge in [0, 0.05) is 13.0 Å². The van der Waals surface area contributed by atoms with Gasteiger partial charge in [-0.2, -0.15) is 15.0 Å². The molecule has 7 nitrogen and oxygen atoms in total. The second-order valence-corrected chi connectivity index (χ2v) is 5.80. The van der Waals surface area contributed by atoms with Crippen molar-refractivity contribution in [3.63, 3.8) is 0 Å². The molecule has 3 rings (SSSR count). The standard InChI is InChI=1S/C13H14N6OS/c1-9-15-16-13(21-9)6-7-14-12(20)8-19-17-10-4-2-3-5-11(10)18-19/h2-5H,6-8H2,1H3,(H,14,20). The molecule has 2 heterocycles. The first-order valence-corrected chi connectivity index (χ1v) is 7.38. The Kier molecular flexibility index (Phi) is 3.87. The third kappa shape index (κ3) is 3.40. The van der Waals surface area contributed by atoms with Crippen LogP contribution < -0.4 is 5.32 Å². The number of hydrogen-bond acceptors (Lipinski definition) is 6. The Labute approximate surface area is 125 Å². The van der Waals surface area contributed by atoms with Gasteiger partial charge in [-0.05, 0) is 19.1 Å². The Hall–Kier alpha value is -2.35. The third-order valence-electron chi connectivity index (χ3n) is 2.84. The van der Waals surface area contributed by atoms with Crippen LogP contribution in [-0.2, 0) is 17.8 Å². The van der Waals surface area contributed by atoms with Crippen molar-refractivity contribution in [2.45, 2.75) is 19.9 Å². The van der Waals surface area contributed by atoms with Crippen molar-refractivity contribution in [3.05, 3.63) is 34.3 Å². The maximum absolute atomic E-state index is 11.8. The molecular weight excluding hydrogens is 288 g/mol. The van der Waals surface area contributed by atoms with Gasteiger partial charge >= 0.3 is 0 Å². The van der Waals surface area contributed by atoms with E-state index in [-0.39, 0.29) is 12.5 Å². The van der Waals surface area contributed by atoms with Crippen LogP contribution in [0.15, 0.2) is 24.3 Å². The van der Waals surface area contributed by atoms with Crippen LogP contribution in [0.4, 0.5) is 0 Å². The predicted octanol–water partition coefficient (Wildman–Crippen LogP) is 0.950. The van der Waals surface area contributed by atoms with Gasteiger partial charge in [0.2, 0.25) is 5.91 Å². The molecule has 0 aliphatic heterocycles. The van der Waals surface area contributed by atoms with Crippen molar-refractivity contribution in [2.75, 3.05) is 6.54 Å². The average Bonchev–Trinajstić information content (AvgIpc) is 3.04. The summed E-state index contributed by atoms with van der Waals surface area (Å²) in [6.45, 7) is 2.56. The second-order valence-electron chi connectivity index (χ2n) is 4.53. The van der Waals surface area contributed by atoms with Gasteiger partial charge < -0.3 is 5.32 Å². The van der Waals surface area contributed by atoms with Crippen LogP contribution in [0, 0.1) is 6.92 Å². The van der Waals surface area contributed by atoms with Gasteiger partial charge in [0.25, 0.3) is 0 Å². The first kappa shape index (κ1) is 13.6. The lowest BCUT2D eigenvalue weighted by Gasteiger charge is -2.02. The van der Waals surface area contributed by atoms with Gasteiger partial charge in [-0.1, -0.05) is 12.1 Å². The highest BCUT2D eigenvalue weighted by atomic mass is 32.1. The topological polar surface area (TPSA) is 85.6 Å². The van der Waals surface area contributed by atoms with Crippen molar-refractivity contribution >= 4 is 28.3 Å². The van der Waals surface area contributed by atoms with E-state index < -0.39 is 0 Å². The van der Waals surface area contributed by atoms with Gasteiger partial charge in [-0.3, -0.25) is 4.79 Å². The van der Waals surface area contributed by atoms with Gasteiger partial charge in [-0.15, -0.1) is 21.5 Å². The molecule has 1 aromatic carbocycles. The molecule has 0 radical (unpaired) electrons.